The van der Waals surface area contributed by atoms with Crippen molar-refractivity contribution < 1.29 is 19.1 Å². The topological polar surface area (TPSA) is 100 Å². The lowest BCUT2D eigenvalue weighted by Gasteiger charge is -2.19. The van der Waals surface area contributed by atoms with E-state index in [1.54, 1.807) is 29.7 Å². The molecule has 0 radical (unpaired) electrons. The van der Waals surface area contributed by atoms with Crippen molar-refractivity contribution in [2.45, 2.75) is 45.7 Å². The molecule has 30 heavy (non-hydrogen) atoms. The summed E-state index contributed by atoms with van der Waals surface area (Å²) in [5.74, 6) is -2.04. The van der Waals surface area contributed by atoms with Crippen molar-refractivity contribution in [1.82, 2.24) is 15.2 Å². The molecule has 8 heteroatoms. The molecule has 0 spiro atoms. The fraction of sp³-hybridized carbons (Fsp3) is 0.409. The van der Waals surface area contributed by atoms with E-state index < -0.39 is 22.9 Å². The zero-order valence-electron chi connectivity index (χ0n) is 17.3. The molecule has 2 aromatic rings. The molecule has 7 nitrogen and oxygen atoms in total. The Kier molecular flexibility index (Phi) is 6.36. The van der Waals surface area contributed by atoms with Gasteiger partial charge in [-0.25, -0.2) is 4.39 Å². The lowest BCUT2D eigenvalue weighted by atomic mass is 9.97. The number of aldehydes is 1. The first-order valence-corrected chi connectivity index (χ1v) is 10.0. The van der Waals surface area contributed by atoms with Crippen molar-refractivity contribution in [2.24, 2.45) is 0 Å². The van der Waals surface area contributed by atoms with Gasteiger partial charge in [0.05, 0.1) is 0 Å². The lowest BCUT2D eigenvalue weighted by molar-refractivity contribution is 0.0945. The van der Waals surface area contributed by atoms with Gasteiger partial charge in [-0.3, -0.25) is 14.4 Å². The number of aryl methyl sites for hydroxylation is 1. The first kappa shape index (κ1) is 21.7. The van der Waals surface area contributed by atoms with Crippen LogP contribution in [0.25, 0.3) is 0 Å². The molecule has 3 rings (SSSR count). The van der Waals surface area contributed by atoms with Crippen molar-refractivity contribution in [3.8, 4) is 5.75 Å². The van der Waals surface area contributed by atoms with Gasteiger partial charge in [0.15, 0.2) is 12.0 Å². The molecule has 1 aromatic carbocycles. The molecule has 1 aliphatic rings. The van der Waals surface area contributed by atoms with Crippen LogP contribution in [0, 0.1) is 12.7 Å². The number of aromatic nitrogens is 1. The minimum atomic E-state index is -0.888. The Labute approximate surface area is 173 Å². The minimum absolute atomic E-state index is 0.102. The smallest absolute Gasteiger partial charge is 0.257 e. The largest absolute Gasteiger partial charge is 0.503 e. The average molecular weight is 415 g/mol. The number of carbonyl (C=O) groups is 2. The third kappa shape index (κ3) is 3.75. The van der Waals surface area contributed by atoms with Crippen molar-refractivity contribution in [2.75, 3.05) is 13.1 Å². The van der Waals surface area contributed by atoms with Gasteiger partial charge in [-0.1, -0.05) is 25.1 Å². The molecule has 0 fully saturated rings. The Bertz CT molecular complexity index is 1050. The predicted octanol–water partition coefficient (Wildman–Crippen LogP) is 2.40. The number of hydrogen-bond acceptors (Lipinski definition) is 5. The Morgan fingerprint density at radius 1 is 1.40 bits per heavy atom. The summed E-state index contributed by atoms with van der Waals surface area (Å²) in [7, 11) is 0. The highest BCUT2D eigenvalue weighted by atomic mass is 19.1. The molecule has 0 saturated heterocycles. The number of nitrogens with zero attached hydrogens (tertiary/aromatic N) is 1. The monoisotopic (exact) mass is 415 g/mol. The van der Waals surface area contributed by atoms with Crippen LogP contribution in [0.3, 0.4) is 0 Å². The Morgan fingerprint density at radius 2 is 2.13 bits per heavy atom. The summed E-state index contributed by atoms with van der Waals surface area (Å²) in [6, 6.07) is 4.70. The second-order valence-electron chi connectivity index (χ2n) is 7.63. The van der Waals surface area contributed by atoms with Crippen LogP contribution in [0.1, 0.15) is 69.9 Å². The van der Waals surface area contributed by atoms with Crippen molar-refractivity contribution in [3.05, 3.63) is 62.3 Å². The number of aromatic hydroxyl groups is 1. The van der Waals surface area contributed by atoms with Gasteiger partial charge >= 0.3 is 0 Å². The number of halogens is 1. The zero-order chi connectivity index (χ0) is 22.0. The number of hydrogen-bond donors (Lipinski definition) is 3. The first-order chi connectivity index (χ1) is 14.3. The van der Waals surface area contributed by atoms with Crippen LogP contribution in [-0.4, -0.2) is 35.0 Å². The molecule has 0 aliphatic carbocycles. The minimum Gasteiger partial charge on any atom is -0.503 e. The van der Waals surface area contributed by atoms with E-state index in [0.29, 0.717) is 42.6 Å². The molecule has 1 aromatic heterocycles. The SMILES string of the molecule is CCNC[C@H]1C[C@H](C)n2c(C=O)c(O)c(=O)c(C(=O)NCc3cccc(C)c3F)c21. The van der Waals surface area contributed by atoms with Crippen LogP contribution >= 0.6 is 0 Å². The fourth-order valence-electron chi connectivity index (χ4n) is 4.16. The highest BCUT2D eigenvalue weighted by Gasteiger charge is 2.37. The summed E-state index contributed by atoms with van der Waals surface area (Å²) < 4.78 is 15.8. The fourth-order valence-corrected chi connectivity index (χ4v) is 4.16. The maximum atomic E-state index is 14.3. The third-order valence-electron chi connectivity index (χ3n) is 5.60. The summed E-state index contributed by atoms with van der Waals surface area (Å²) in [6.07, 6.45) is 1.06. The predicted molar refractivity (Wildman–Crippen MR) is 111 cm³/mol. The van der Waals surface area contributed by atoms with Gasteiger partial charge in [-0.15, -0.1) is 0 Å². The van der Waals surface area contributed by atoms with Crippen LogP contribution in [0.4, 0.5) is 4.39 Å². The molecule has 3 N–H and O–H groups in total. The van der Waals surface area contributed by atoms with Gasteiger partial charge in [0.2, 0.25) is 5.43 Å². The number of rotatable bonds is 7. The van der Waals surface area contributed by atoms with Crippen LogP contribution in [-0.2, 0) is 6.54 Å². The van der Waals surface area contributed by atoms with E-state index in [0.717, 1.165) is 0 Å². The summed E-state index contributed by atoms with van der Waals surface area (Å²) >= 11 is 0. The number of pyridine rings is 1. The number of nitrogens with one attached hydrogen (secondary N) is 2. The van der Waals surface area contributed by atoms with Gasteiger partial charge in [-0.2, -0.15) is 0 Å². The average Bonchev–Trinajstić information content (AvgIpc) is 3.04. The standard InChI is InChI=1S/C22H26FN3O4/c1-4-24-9-15-8-13(3)26-16(11-27)20(28)21(29)17(19(15)26)22(30)25-10-14-7-5-6-12(2)18(14)23/h5-7,11,13,15,24,28H,4,8-10H2,1-3H3,(H,25,30)/t13-,15+/m0/s1. The summed E-state index contributed by atoms with van der Waals surface area (Å²) in [6.45, 7) is 6.58. The summed E-state index contributed by atoms with van der Waals surface area (Å²) in [5.41, 5.74) is -0.0282. The van der Waals surface area contributed by atoms with Crippen LogP contribution in [0.5, 0.6) is 5.75 Å². The maximum Gasteiger partial charge on any atom is 0.257 e. The molecule has 2 heterocycles. The van der Waals surface area contributed by atoms with Gasteiger partial charge in [0.25, 0.3) is 5.91 Å². The van der Waals surface area contributed by atoms with Crippen LogP contribution < -0.4 is 16.1 Å². The first-order valence-electron chi connectivity index (χ1n) is 10.0. The summed E-state index contributed by atoms with van der Waals surface area (Å²) in [4.78, 5) is 37.4. The number of fused-ring (bicyclic) bond motifs is 1. The molecular weight excluding hydrogens is 389 g/mol. The van der Waals surface area contributed by atoms with E-state index in [9.17, 15) is 23.9 Å². The van der Waals surface area contributed by atoms with E-state index in [2.05, 4.69) is 10.6 Å². The lowest BCUT2D eigenvalue weighted by Crippen LogP contribution is -2.33. The Hall–Kier alpha value is -3.00. The van der Waals surface area contributed by atoms with Crippen molar-refractivity contribution >= 4 is 12.2 Å². The molecule has 1 amide bonds. The molecule has 0 saturated carbocycles. The Balaban J connectivity index is 2.04. The van der Waals surface area contributed by atoms with Gasteiger partial charge in [-0.05, 0) is 32.4 Å². The second kappa shape index (κ2) is 8.79. The molecule has 0 unspecified atom stereocenters. The number of likely N-dealkylation sites (N-methyl/N-ethyl adjacent to an activating group) is 1. The van der Waals surface area contributed by atoms with E-state index >= 15 is 0 Å². The molecule has 1 aliphatic heterocycles. The maximum absolute atomic E-state index is 14.3. The quantitative estimate of drug-likeness (QED) is 0.603. The van der Waals surface area contributed by atoms with Gasteiger partial charge < -0.3 is 20.3 Å². The molecule has 160 valence electrons. The summed E-state index contributed by atoms with van der Waals surface area (Å²) in [5, 5.41) is 16.1. The van der Waals surface area contributed by atoms with Crippen LogP contribution in [0.2, 0.25) is 0 Å². The van der Waals surface area contributed by atoms with Crippen molar-refractivity contribution in [3.63, 3.8) is 0 Å². The van der Waals surface area contributed by atoms with Gasteiger partial charge in [0.1, 0.15) is 17.1 Å². The van der Waals surface area contributed by atoms with E-state index in [-0.39, 0.29) is 29.8 Å². The van der Waals surface area contributed by atoms with Gasteiger partial charge in [0, 0.05) is 36.3 Å². The van der Waals surface area contributed by atoms with Crippen molar-refractivity contribution in [1.29, 1.82) is 0 Å². The molecular formula is C22H26FN3O4. The number of benzene rings is 1. The third-order valence-corrected chi connectivity index (χ3v) is 5.60. The van der Waals surface area contributed by atoms with E-state index in [1.165, 1.54) is 0 Å². The van der Waals surface area contributed by atoms with E-state index in [1.807, 2.05) is 13.8 Å². The normalized spacial score (nSPS) is 17.6. The Morgan fingerprint density at radius 3 is 2.80 bits per heavy atom. The second-order valence-corrected chi connectivity index (χ2v) is 7.63. The molecule has 0 bridgehead atoms. The molecule has 2 atom stereocenters. The highest BCUT2D eigenvalue weighted by molar-refractivity contribution is 5.97. The number of carbonyl (C=O) groups excluding carboxylic acids is 2. The number of amides is 1. The van der Waals surface area contributed by atoms with Crippen LogP contribution in [0.15, 0.2) is 23.0 Å². The van der Waals surface area contributed by atoms with E-state index in [4.69, 9.17) is 0 Å². The highest BCUT2D eigenvalue weighted by Crippen LogP contribution is 2.39. The zero-order valence-corrected chi connectivity index (χ0v) is 17.3.